The van der Waals surface area contributed by atoms with Gasteiger partial charge in [0.1, 0.15) is 0 Å². The van der Waals surface area contributed by atoms with Gasteiger partial charge in [0.15, 0.2) is 0 Å². The molecule has 0 saturated carbocycles. The Morgan fingerprint density at radius 2 is 2.09 bits per heavy atom. The van der Waals surface area contributed by atoms with Gasteiger partial charge in [0, 0.05) is 17.3 Å². The molecule has 3 heteroatoms. The minimum absolute atomic E-state index is 0.145. The van der Waals surface area contributed by atoms with Gasteiger partial charge in [0.2, 0.25) is 5.91 Å². The van der Waals surface area contributed by atoms with Crippen LogP contribution in [-0.2, 0) is 4.79 Å². The van der Waals surface area contributed by atoms with Gasteiger partial charge in [-0.05, 0) is 13.3 Å². The van der Waals surface area contributed by atoms with Crippen LogP contribution in [0.3, 0.4) is 0 Å². The van der Waals surface area contributed by atoms with Gasteiger partial charge in [-0.2, -0.15) is 0 Å². The Balaban J connectivity index is 3.57. The zero-order valence-corrected chi connectivity index (χ0v) is 8.94. The van der Waals surface area contributed by atoms with Gasteiger partial charge in [-0.15, -0.1) is 0 Å². The molecule has 0 aromatic carbocycles. The van der Waals surface area contributed by atoms with E-state index >= 15 is 0 Å². The second kappa shape index (κ2) is 5.58. The van der Waals surface area contributed by atoms with E-state index in [4.69, 9.17) is 0 Å². The number of amides is 1. The van der Waals surface area contributed by atoms with Gasteiger partial charge in [0.25, 0.3) is 0 Å². The standard InChI is InChI=1S/C8H16BrNO/c1-4-5-8(11)10-7(3)6(2)9/h6-7H,4-5H2,1-3H3,(H,10,11). The van der Waals surface area contributed by atoms with Crippen LogP contribution >= 0.6 is 15.9 Å². The molecule has 0 fully saturated rings. The van der Waals surface area contributed by atoms with Crippen LogP contribution in [0.15, 0.2) is 0 Å². The molecule has 0 aliphatic carbocycles. The van der Waals surface area contributed by atoms with Crippen LogP contribution in [0.5, 0.6) is 0 Å². The highest BCUT2D eigenvalue weighted by molar-refractivity contribution is 9.09. The first-order valence-corrected chi connectivity index (χ1v) is 4.93. The smallest absolute Gasteiger partial charge is 0.220 e. The van der Waals surface area contributed by atoms with E-state index in [2.05, 4.69) is 21.2 Å². The van der Waals surface area contributed by atoms with Crippen LogP contribution in [-0.4, -0.2) is 16.8 Å². The second-order valence-electron chi connectivity index (χ2n) is 2.78. The molecule has 2 nitrogen and oxygen atoms in total. The Bertz CT molecular complexity index is 125. The zero-order chi connectivity index (χ0) is 8.85. The molecule has 0 aliphatic heterocycles. The molecule has 0 aromatic heterocycles. The monoisotopic (exact) mass is 221 g/mol. The largest absolute Gasteiger partial charge is 0.353 e. The lowest BCUT2D eigenvalue weighted by Crippen LogP contribution is -2.37. The average molecular weight is 222 g/mol. The van der Waals surface area contributed by atoms with Crippen molar-refractivity contribution in [1.29, 1.82) is 0 Å². The number of alkyl halides is 1. The molecule has 0 rings (SSSR count). The third-order valence-corrected chi connectivity index (χ3v) is 2.35. The third-order valence-electron chi connectivity index (χ3n) is 1.55. The zero-order valence-electron chi connectivity index (χ0n) is 7.36. The maximum absolute atomic E-state index is 11.0. The molecule has 1 N–H and O–H groups in total. The normalized spacial score (nSPS) is 15.6. The Labute approximate surface area is 76.9 Å². The quantitative estimate of drug-likeness (QED) is 0.725. The fourth-order valence-electron chi connectivity index (χ4n) is 0.668. The van der Waals surface area contributed by atoms with Crippen molar-refractivity contribution >= 4 is 21.8 Å². The minimum Gasteiger partial charge on any atom is -0.353 e. The van der Waals surface area contributed by atoms with Crippen molar-refractivity contribution in [3.8, 4) is 0 Å². The number of carbonyl (C=O) groups excluding carboxylic acids is 1. The summed E-state index contributed by atoms with van der Waals surface area (Å²) in [6.07, 6.45) is 1.54. The first-order chi connectivity index (χ1) is 5.07. The van der Waals surface area contributed by atoms with Gasteiger partial charge in [0.05, 0.1) is 0 Å². The van der Waals surface area contributed by atoms with Crippen LogP contribution < -0.4 is 5.32 Å². The van der Waals surface area contributed by atoms with Gasteiger partial charge in [-0.3, -0.25) is 4.79 Å². The molecule has 0 aliphatic rings. The molecule has 0 radical (unpaired) electrons. The van der Waals surface area contributed by atoms with Crippen molar-refractivity contribution in [2.75, 3.05) is 0 Å². The maximum atomic E-state index is 11.0. The molecule has 2 atom stereocenters. The van der Waals surface area contributed by atoms with Crippen LogP contribution in [0, 0.1) is 0 Å². The Hall–Kier alpha value is -0.0500. The summed E-state index contributed by atoms with van der Waals surface area (Å²) in [6.45, 7) is 6.02. The van der Waals surface area contributed by atoms with Crippen molar-refractivity contribution in [2.24, 2.45) is 0 Å². The van der Waals surface area contributed by atoms with E-state index in [1.165, 1.54) is 0 Å². The van der Waals surface area contributed by atoms with E-state index in [-0.39, 0.29) is 11.9 Å². The summed E-state index contributed by atoms with van der Waals surface area (Å²) >= 11 is 3.40. The molecule has 11 heavy (non-hydrogen) atoms. The summed E-state index contributed by atoms with van der Waals surface area (Å²) in [4.78, 5) is 11.4. The molecule has 1 amide bonds. The molecular formula is C8H16BrNO. The van der Waals surface area contributed by atoms with Gasteiger partial charge in [-0.25, -0.2) is 0 Å². The summed E-state index contributed by atoms with van der Waals surface area (Å²) in [6, 6.07) is 0.217. The van der Waals surface area contributed by atoms with E-state index in [1.807, 2.05) is 20.8 Å². The fraction of sp³-hybridized carbons (Fsp3) is 0.875. The van der Waals surface area contributed by atoms with E-state index in [1.54, 1.807) is 0 Å². The fourth-order valence-corrected chi connectivity index (χ4v) is 0.800. The highest BCUT2D eigenvalue weighted by Crippen LogP contribution is 2.03. The molecule has 0 heterocycles. The summed E-state index contributed by atoms with van der Waals surface area (Å²) < 4.78 is 0. The summed E-state index contributed by atoms with van der Waals surface area (Å²) in [5, 5.41) is 2.89. The molecular weight excluding hydrogens is 206 g/mol. The number of carbonyl (C=O) groups is 1. The lowest BCUT2D eigenvalue weighted by Gasteiger charge is -2.15. The minimum atomic E-state index is 0.145. The van der Waals surface area contributed by atoms with Crippen LogP contribution in [0.1, 0.15) is 33.6 Å². The predicted octanol–water partition coefficient (Wildman–Crippen LogP) is 2.07. The van der Waals surface area contributed by atoms with Crippen molar-refractivity contribution in [3.63, 3.8) is 0 Å². The topological polar surface area (TPSA) is 29.1 Å². The number of halogens is 1. The van der Waals surface area contributed by atoms with Crippen molar-refractivity contribution in [2.45, 2.75) is 44.5 Å². The van der Waals surface area contributed by atoms with Gasteiger partial charge < -0.3 is 5.32 Å². The molecule has 66 valence electrons. The maximum Gasteiger partial charge on any atom is 0.220 e. The second-order valence-corrected chi connectivity index (χ2v) is 4.23. The van der Waals surface area contributed by atoms with Crippen molar-refractivity contribution < 1.29 is 4.79 Å². The summed E-state index contributed by atoms with van der Waals surface area (Å²) in [5.41, 5.74) is 0. The van der Waals surface area contributed by atoms with E-state index in [0.29, 0.717) is 11.2 Å². The van der Waals surface area contributed by atoms with Gasteiger partial charge in [-0.1, -0.05) is 29.8 Å². The number of nitrogens with one attached hydrogen (secondary N) is 1. The van der Waals surface area contributed by atoms with Gasteiger partial charge >= 0.3 is 0 Å². The first kappa shape index (κ1) is 11.0. The van der Waals surface area contributed by atoms with E-state index < -0.39 is 0 Å². The Morgan fingerprint density at radius 3 is 2.45 bits per heavy atom. The van der Waals surface area contributed by atoms with Crippen LogP contribution in [0.2, 0.25) is 0 Å². The molecule has 0 saturated heterocycles. The van der Waals surface area contributed by atoms with E-state index in [0.717, 1.165) is 6.42 Å². The lowest BCUT2D eigenvalue weighted by molar-refractivity contribution is -0.121. The van der Waals surface area contributed by atoms with Crippen molar-refractivity contribution in [3.05, 3.63) is 0 Å². The first-order valence-electron chi connectivity index (χ1n) is 4.01. The number of hydrogen-bond acceptors (Lipinski definition) is 1. The molecule has 0 spiro atoms. The summed E-state index contributed by atoms with van der Waals surface area (Å²) in [5.74, 6) is 0.145. The predicted molar refractivity (Wildman–Crippen MR) is 50.9 cm³/mol. The number of hydrogen-bond donors (Lipinski definition) is 1. The number of rotatable bonds is 4. The highest BCUT2D eigenvalue weighted by Gasteiger charge is 2.10. The van der Waals surface area contributed by atoms with E-state index in [9.17, 15) is 4.79 Å². The third kappa shape index (κ3) is 5.24. The summed E-state index contributed by atoms with van der Waals surface area (Å²) in [7, 11) is 0. The Kier molecular flexibility index (Phi) is 5.56. The highest BCUT2D eigenvalue weighted by atomic mass is 79.9. The molecule has 2 unspecified atom stereocenters. The van der Waals surface area contributed by atoms with Crippen molar-refractivity contribution in [1.82, 2.24) is 5.32 Å². The van der Waals surface area contributed by atoms with Crippen LogP contribution in [0.4, 0.5) is 0 Å². The molecule has 0 bridgehead atoms. The molecule has 0 aromatic rings. The lowest BCUT2D eigenvalue weighted by atomic mass is 10.2. The van der Waals surface area contributed by atoms with Crippen LogP contribution in [0.25, 0.3) is 0 Å². The SMILES string of the molecule is CCCC(=O)NC(C)C(C)Br. The Morgan fingerprint density at radius 1 is 1.55 bits per heavy atom. The average Bonchev–Trinajstić information content (AvgIpc) is 1.87.